The zero-order valence-electron chi connectivity index (χ0n) is 11.1. The summed E-state index contributed by atoms with van der Waals surface area (Å²) >= 11 is 11.7. The summed E-state index contributed by atoms with van der Waals surface area (Å²) < 4.78 is 19.2. The van der Waals surface area contributed by atoms with E-state index < -0.39 is 11.8 Å². The van der Waals surface area contributed by atoms with Crippen molar-refractivity contribution in [2.45, 2.75) is 6.92 Å². The molecule has 1 heterocycles. The van der Waals surface area contributed by atoms with Crippen molar-refractivity contribution in [3.63, 3.8) is 0 Å². The summed E-state index contributed by atoms with van der Waals surface area (Å²) in [5, 5.41) is 0.0459. The van der Waals surface area contributed by atoms with Gasteiger partial charge in [0.2, 0.25) is 0 Å². The molecule has 2 aromatic rings. The van der Waals surface area contributed by atoms with E-state index in [2.05, 4.69) is 14.7 Å². The highest BCUT2D eigenvalue weighted by Gasteiger charge is 2.27. The summed E-state index contributed by atoms with van der Waals surface area (Å²) in [6, 6.07) is 0. The molecule has 0 radical (unpaired) electrons. The number of nitrogens with zero attached hydrogens (tertiary/aromatic N) is 2. The summed E-state index contributed by atoms with van der Waals surface area (Å²) in [5.41, 5.74) is 5.57. The molecule has 0 spiro atoms. The van der Waals surface area contributed by atoms with Crippen molar-refractivity contribution in [3.05, 3.63) is 39.5 Å². The Balaban J connectivity index is 2.85. The second kappa shape index (κ2) is 5.83. The van der Waals surface area contributed by atoms with Gasteiger partial charge in [0.1, 0.15) is 11.0 Å². The predicted molar refractivity (Wildman–Crippen MR) is 77.9 cm³/mol. The van der Waals surface area contributed by atoms with Crippen molar-refractivity contribution in [2.75, 3.05) is 12.8 Å². The second-order valence-electron chi connectivity index (χ2n) is 4.13. The van der Waals surface area contributed by atoms with Gasteiger partial charge in [0.25, 0.3) is 0 Å². The maximum absolute atomic E-state index is 14.5. The van der Waals surface area contributed by atoms with Gasteiger partial charge in [-0.15, -0.1) is 0 Å². The van der Waals surface area contributed by atoms with Crippen LogP contribution in [0, 0.1) is 12.7 Å². The van der Waals surface area contributed by atoms with Crippen LogP contribution in [0.3, 0.4) is 0 Å². The first-order chi connectivity index (χ1) is 9.88. The standard InChI is InChI=1S/C13H10Cl2FN3O2/c1-5-11(16)8(6-3-19-7(14)4-18-6)9(13(20)21-2)10(15)12(5)17/h3-4H,17H2,1-2H3. The molecule has 8 heteroatoms. The van der Waals surface area contributed by atoms with E-state index in [1.807, 2.05) is 0 Å². The molecule has 0 saturated carbocycles. The molecular weight excluding hydrogens is 320 g/mol. The van der Waals surface area contributed by atoms with Gasteiger partial charge < -0.3 is 10.5 Å². The van der Waals surface area contributed by atoms with Crippen LogP contribution in [0.4, 0.5) is 10.1 Å². The number of rotatable bonds is 2. The Labute approximate surface area is 129 Å². The van der Waals surface area contributed by atoms with Crippen LogP contribution in [-0.2, 0) is 4.74 Å². The number of hydrogen-bond donors (Lipinski definition) is 1. The quantitative estimate of drug-likeness (QED) is 0.675. The van der Waals surface area contributed by atoms with E-state index in [1.165, 1.54) is 19.3 Å². The number of aromatic nitrogens is 2. The van der Waals surface area contributed by atoms with E-state index in [9.17, 15) is 9.18 Å². The highest BCUT2D eigenvalue weighted by Crippen LogP contribution is 2.38. The minimum atomic E-state index is -0.822. The summed E-state index contributed by atoms with van der Waals surface area (Å²) in [7, 11) is 1.16. The molecule has 0 atom stereocenters. The van der Waals surface area contributed by atoms with Crippen LogP contribution in [-0.4, -0.2) is 23.0 Å². The van der Waals surface area contributed by atoms with Gasteiger partial charge in [0, 0.05) is 5.56 Å². The predicted octanol–water partition coefficient (Wildman–Crippen LogP) is 3.27. The maximum atomic E-state index is 14.5. The monoisotopic (exact) mass is 329 g/mol. The average molecular weight is 330 g/mol. The van der Waals surface area contributed by atoms with Gasteiger partial charge in [-0.2, -0.15) is 0 Å². The Kier molecular flexibility index (Phi) is 4.29. The molecule has 1 aromatic carbocycles. The number of nitrogens with two attached hydrogens (primary N) is 1. The Morgan fingerprint density at radius 2 is 2.00 bits per heavy atom. The summed E-state index contributed by atoms with van der Waals surface area (Å²) in [4.78, 5) is 19.7. The number of carbonyl (C=O) groups is 1. The van der Waals surface area contributed by atoms with Gasteiger partial charge in [-0.25, -0.2) is 14.2 Å². The lowest BCUT2D eigenvalue weighted by molar-refractivity contribution is 0.0601. The molecule has 21 heavy (non-hydrogen) atoms. The lowest BCUT2D eigenvalue weighted by Gasteiger charge is -2.15. The molecule has 0 amide bonds. The van der Waals surface area contributed by atoms with E-state index >= 15 is 0 Å². The fourth-order valence-corrected chi connectivity index (χ4v) is 2.21. The first kappa shape index (κ1) is 15.5. The van der Waals surface area contributed by atoms with Crippen molar-refractivity contribution < 1.29 is 13.9 Å². The van der Waals surface area contributed by atoms with E-state index in [-0.39, 0.29) is 38.2 Å². The lowest BCUT2D eigenvalue weighted by Crippen LogP contribution is -2.11. The Morgan fingerprint density at radius 1 is 1.33 bits per heavy atom. The summed E-state index contributed by atoms with van der Waals surface area (Å²) in [6.07, 6.45) is 2.47. The van der Waals surface area contributed by atoms with Crippen molar-refractivity contribution >= 4 is 34.9 Å². The fourth-order valence-electron chi connectivity index (χ4n) is 1.80. The zero-order valence-corrected chi connectivity index (χ0v) is 12.6. The Bertz CT molecular complexity index is 721. The molecule has 2 N–H and O–H groups in total. The molecule has 0 bridgehead atoms. The Morgan fingerprint density at radius 3 is 2.52 bits per heavy atom. The van der Waals surface area contributed by atoms with E-state index in [0.29, 0.717) is 0 Å². The third-order valence-electron chi connectivity index (χ3n) is 2.92. The average Bonchev–Trinajstić information content (AvgIpc) is 2.49. The molecule has 0 unspecified atom stereocenters. The lowest BCUT2D eigenvalue weighted by atomic mass is 9.99. The molecular formula is C13H10Cl2FN3O2. The highest BCUT2D eigenvalue weighted by atomic mass is 35.5. The smallest absolute Gasteiger partial charge is 0.340 e. The molecule has 0 aliphatic rings. The number of anilines is 1. The molecule has 1 aromatic heterocycles. The topological polar surface area (TPSA) is 78.1 Å². The van der Waals surface area contributed by atoms with Gasteiger partial charge in [0.15, 0.2) is 0 Å². The van der Waals surface area contributed by atoms with E-state index in [4.69, 9.17) is 28.9 Å². The Hall–Kier alpha value is -1.92. The van der Waals surface area contributed by atoms with Gasteiger partial charge in [0.05, 0.1) is 47.0 Å². The van der Waals surface area contributed by atoms with Crippen LogP contribution in [0.15, 0.2) is 12.4 Å². The van der Waals surface area contributed by atoms with Gasteiger partial charge >= 0.3 is 5.97 Å². The van der Waals surface area contributed by atoms with Gasteiger partial charge in [-0.3, -0.25) is 4.98 Å². The first-order valence-corrected chi connectivity index (χ1v) is 6.47. The maximum Gasteiger partial charge on any atom is 0.340 e. The minimum absolute atomic E-state index is 0.0276. The normalized spacial score (nSPS) is 10.5. The number of benzene rings is 1. The number of methoxy groups -OCH3 is 1. The molecule has 0 saturated heterocycles. The molecule has 110 valence electrons. The molecule has 0 aliphatic carbocycles. The molecule has 2 rings (SSSR count). The number of hydrogen-bond acceptors (Lipinski definition) is 5. The van der Waals surface area contributed by atoms with Crippen LogP contribution in [0.25, 0.3) is 11.3 Å². The van der Waals surface area contributed by atoms with Crippen molar-refractivity contribution in [3.8, 4) is 11.3 Å². The van der Waals surface area contributed by atoms with Crippen LogP contribution >= 0.6 is 23.2 Å². The molecule has 5 nitrogen and oxygen atoms in total. The third kappa shape index (κ3) is 2.64. The number of esters is 1. The van der Waals surface area contributed by atoms with E-state index in [1.54, 1.807) is 0 Å². The van der Waals surface area contributed by atoms with Crippen molar-refractivity contribution in [1.82, 2.24) is 9.97 Å². The zero-order chi connectivity index (χ0) is 15.7. The van der Waals surface area contributed by atoms with Gasteiger partial charge in [-0.1, -0.05) is 23.2 Å². The van der Waals surface area contributed by atoms with Crippen LogP contribution < -0.4 is 5.73 Å². The van der Waals surface area contributed by atoms with Gasteiger partial charge in [-0.05, 0) is 6.92 Å². The van der Waals surface area contributed by atoms with Crippen LogP contribution in [0.2, 0.25) is 10.2 Å². The number of ether oxygens (including phenoxy) is 1. The van der Waals surface area contributed by atoms with E-state index in [0.717, 1.165) is 7.11 Å². The fraction of sp³-hybridized carbons (Fsp3) is 0.154. The third-order valence-corrected chi connectivity index (χ3v) is 3.51. The summed E-state index contributed by atoms with van der Waals surface area (Å²) in [5.74, 6) is -1.54. The molecule has 0 fully saturated rings. The first-order valence-electron chi connectivity index (χ1n) is 5.71. The highest BCUT2D eigenvalue weighted by molar-refractivity contribution is 6.37. The van der Waals surface area contributed by atoms with Crippen LogP contribution in [0.5, 0.6) is 0 Å². The molecule has 0 aliphatic heterocycles. The largest absolute Gasteiger partial charge is 0.465 e. The van der Waals surface area contributed by atoms with Crippen molar-refractivity contribution in [2.24, 2.45) is 0 Å². The second-order valence-corrected chi connectivity index (χ2v) is 4.90. The minimum Gasteiger partial charge on any atom is -0.465 e. The number of carbonyl (C=O) groups excluding carboxylic acids is 1. The number of nitrogen functional groups attached to an aromatic ring is 1. The summed E-state index contributed by atoms with van der Waals surface area (Å²) in [6.45, 7) is 1.45. The SMILES string of the molecule is COC(=O)c1c(Cl)c(N)c(C)c(F)c1-c1cnc(Cl)cn1. The van der Waals surface area contributed by atoms with Crippen LogP contribution in [0.1, 0.15) is 15.9 Å². The van der Waals surface area contributed by atoms with Crippen molar-refractivity contribution in [1.29, 1.82) is 0 Å². The number of halogens is 3.